The number of nitrogens with one attached hydrogen (secondary N) is 2. The molecule has 2 amide bonds. The van der Waals surface area contributed by atoms with Crippen LogP contribution in [0.1, 0.15) is 5.56 Å². The zero-order chi connectivity index (χ0) is 12.0. The standard InChI is InChI=1S/C11H12ClFN2O/c1-2-5-14-11(16)15-7-8-3-4-10(13)9(12)6-8/h2-4,6H,1,5,7H2,(H2,14,15,16). The van der Waals surface area contributed by atoms with Crippen molar-refractivity contribution < 1.29 is 9.18 Å². The molecule has 1 aromatic carbocycles. The van der Waals surface area contributed by atoms with Gasteiger partial charge in [0.05, 0.1) is 5.02 Å². The van der Waals surface area contributed by atoms with Gasteiger partial charge in [0.2, 0.25) is 0 Å². The number of carbonyl (C=O) groups excluding carboxylic acids is 1. The van der Waals surface area contributed by atoms with E-state index in [4.69, 9.17) is 11.6 Å². The van der Waals surface area contributed by atoms with E-state index in [0.29, 0.717) is 13.1 Å². The zero-order valence-electron chi connectivity index (χ0n) is 8.59. The molecule has 0 saturated carbocycles. The van der Waals surface area contributed by atoms with Gasteiger partial charge < -0.3 is 10.6 Å². The van der Waals surface area contributed by atoms with E-state index >= 15 is 0 Å². The maximum absolute atomic E-state index is 12.8. The minimum atomic E-state index is -0.471. The van der Waals surface area contributed by atoms with Gasteiger partial charge in [-0.25, -0.2) is 9.18 Å². The summed E-state index contributed by atoms with van der Waals surface area (Å²) < 4.78 is 12.8. The number of benzene rings is 1. The van der Waals surface area contributed by atoms with Gasteiger partial charge in [-0.05, 0) is 17.7 Å². The highest BCUT2D eigenvalue weighted by Crippen LogP contribution is 2.15. The molecular formula is C11H12ClFN2O. The summed E-state index contributed by atoms with van der Waals surface area (Å²) >= 11 is 5.60. The lowest BCUT2D eigenvalue weighted by Gasteiger charge is -2.06. The van der Waals surface area contributed by atoms with Gasteiger partial charge in [-0.2, -0.15) is 0 Å². The van der Waals surface area contributed by atoms with Crippen LogP contribution in [0, 0.1) is 5.82 Å². The Morgan fingerprint density at radius 3 is 2.88 bits per heavy atom. The Morgan fingerprint density at radius 2 is 2.25 bits per heavy atom. The van der Waals surface area contributed by atoms with Crippen LogP contribution in [-0.2, 0) is 6.54 Å². The summed E-state index contributed by atoms with van der Waals surface area (Å²) in [5.74, 6) is -0.471. The summed E-state index contributed by atoms with van der Waals surface area (Å²) in [6.07, 6.45) is 1.58. The Hall–Kier alpha value is -1.55. The largest absolute Gasteiger partial charge is 0.335 e. The summed E-state index contributed by atoms with van der Waals surface area (Å²) in [6.45, 7) is 4.16. The molecule has 1 aromatic rings. The molecule has 5 heteroatoms. The molecule has 3 nitrogen and oxygen atoms in total. The monoisotopic (exact) mass is 242 g/mol. The first-order valence-electron chi connectivity index (χ1n) is 4.70. The molecule has 0 saturated heterocycles. The van der Waals surface area contributed by atoms with Gasteiger partial charge in [0, 0.05) is 13.1 Å². The van der Waals surface area contributed by atoms with Crippen LogP contribution in [0.5, 0.6) is 0 Å². The minimum Gasteiger partial charge on any atom is -0.335 e. The van der Waals surface area contributed by atoms with Crippen molar-refractivity contribution in [2.75, 3.05) is 6.54 Å². The van der Waals surface area contributed by atoms with Gasteiger partial charge in [0.25, 0.3) is 0 Å². The van der Waals surface area contributed by atoms with E-state index in [0.717, 1.165) is 5.56 Å². The number of rotatable bonds is 4. The normalized spacial score (nSPS) is 9.62. The van der Waals surface area contributed by atoms with Crippen molar-refractivity contribution in [1.82, 2.24) is 10.6 Å². The summed E-state index contributed by atoms with van der Waals surface area (Å²) in [7, 11) is 0. The Morgan fingerprint density at radius 1 is 1.50 bits per heavy atom. The summed E-state index contributed by atoms with van der Waals surface area (Å²) in [6, 6.07) is 4.00. The molecule has 0 unspecified atom stereocenters. The van der Waals surface area contributed by atoms with Gasteiger partial charge in [-0.1, -0.05) is 23.7 Å². The lowest BCUT2D eigenvalue weighted by atomic mass is 10.2. The lowest BCUT2D eigenvalue weighted by molar-refractivity contribution is 0.241. The molecule has 16 heavy (non-hydrogen) atoms. The Balaban J connectivity index is 2.45. The maximum atomic E-state index is 12.8. The number of urea groups is 1. The highest BCUT2D eigenvalue weighted by atomic mass is 35.5. The molecule has 0 heterocycles. The quantitative estimate of drug-likeness (QED) is 0.783. The first kappa shape index (κ1) is 12.5. The van der Waals surface area contributed by atoms with Crippen molar-refractivity contribution in [3.8, 4) is 0 Å². The first-order valence-corrected chi connectivity index (χ1v) is 5.08. The third-order valence-corrected chi connectivity index (χ3v) is 2.13. The fourth-order valence-electron chi connectivity index (χ4n) is 1.06. The van der Waals surface area contributed by atoms with E-state index < -0.39 is 5.82 Å². The van der Waals surface area contributed by atoms with Crippen LogP contribution in [-0.4, -0.2) is 12.6 Å². The highest BCUT2D eigenvalue weighted by molar-refractivity contribution is 6.30. The molecule has 0 aliphatic rings. The first-order chi connectivity index (χ1) is 7.63. The van der Waals surface area contributed by atoms with Crippen LogP contribution in [0.4, 0.5) is 9.18 Å². The third-order valence-electron chi connectivity index (χ3n) is 1.84. The van der Waals surface area contributed by atoms with E-state index in [2.05, 4.69) is 17.2 Å². The van der Waals surface area contributed by atoms with Gasteiger partial charge in [0.15, 0.2) is 0 Å². The van der Waals surface area contributed by atoms with Gasteiger partial charge in [-0.3, -0.25) is 0 Å². The van der Waals surface area contributed by atoms with Gasteiger partial charge in [0.1, 0.15) is 5.82 Å². The summed E-state index contributed by atoms with van der Waals surface area (Å²) in [5.41, 5.74) is 0.736. The predicted octanol–water partition coefficient (Wildman–Crippen LogP) is 2.46. The van der Waals surface area contributed by atoms with E-state index in [1.165, 1.54) is 12.1 Å². The minimum absolute atomic E-state index is 0.0470. The number of carbonyl (C=O) groups is 1. The Kier molecular flexibility index (Phi) is 4.79. The molecule has 0 aliphatic heterocycles. The molecule has 1 rings (SSSR count). The van der Waals surface area contributed by atoms with E-state index in [1.54, 1.807) is 12.1 Å². The fraction of sp³-hybridized carbons (Fsp3) is 0.182. The smallest absolute Gasteiger partial charge is 0.315 e. The van der Waals surface area contributed by atoms with Crippen LogP contribution in [0.15, 0.2) is 30.9 Å². The summed E-state index contributed by atoms with van der Waals surface area (Å²) in [4.78, 5) is 11.2. The molecular weight excluding hydrogens is 231 g/mol. The van der Waals surface area contributed by atoms with Crippen molar-refractivity contribution in [3.05, 3.63) is 47.3 Å². The van der Waals surface area contributed by atoms with E-state index in [9.17, 15) is 9.18 Å². The second-order valence-corrected chi connectivity index (χ2v) is 3.51. The molecule has 0 fully saturated rings. The second-order valence-electron chi connectivity index (χ2n) is 3.10. The molecule has 0 bridgehead atoms. The number of amides is 2. The van der Waals surface area contributed by atoms with Crippen molar-refractivity contribution in [2.45, 2.75) is 6.54 Å². The van der Waals surface area contributed by atoms with Gasteiger partial charge in [-0.15, -0.1) is 6.58 Å². The van der Waals surface area contributed by atoms with Crippen LogP contribution < -0.4 is 10.6 Å². The Bertz CT molecular complexity index is 396. The van der Waals surface area contributed by atoms with Gasteiger partial charge >= 0.3 is 6.03 Å². The average Bonchev–Trinajstić information content (AvgIpc) is 2.28. The molecule has 0 aliphatic carbocycles. The summed E-state index contributed by atoms with van der Waals surface area (Å²) in [5, 5.41) is 5.20. The van der Waals surface area contributed by atoms with Crippen LogP contribution in [0.2, 0.25) is 5.02 Å². The number of hydrogen-bond donors (Lipinski definition) is 2. The number of hydrogen-bond acceptors (Lipinski definition) is 1. The molecule has 0 spiro atoms. The SMILES string of the molecule is C=CCNC(=O)NCc1ccc(F)c(Cl)c1. The van der Waals surface area contributed by atoms with Crippen LogP contribution >= 0.6 is 11.6 Å². The molecule has 86 valence electrons. The van der Waals surface area contributed by atoms with Crippen molar-refractivity contribution in [3.63, 3.8) is 0 Å². The molecule has 0 radical (unpaired) electrons. The Labute approximate surface area is 98.3 Å². The topological polar surface area (TPSA) is 41.1 Å². The molecule has 2 N–H and O–H groups in total. The van der Waals surface area contributed by atoms with Crippen LogP contribution in [0.3, 0.4) is 0 Å². The second kappa shape index (κ2) is 6.12. The lowest BCUT2D eigenvalue weighted by Crippen LogP contribution is -2.34. The maximum Gasteiger partial charge on any atom is 0.315 e. The third kappa shape index (κ3) is 3.90. The highest BCUT2D eigenvalue weighted by Gasteiger charge is 2.02. The fourth-order valence-corrected chi connectivity index (χ4v) is 1.26. The zero-order valence-corrected chi connectivity index (χ0v) is 9.35. The predicted molar refractivity (Wildman–Crippen MR) is 61.8 cm³/mol. The van der Waals surface area contributed by atoms with Crippen molar-refractivity contribution >= 4 is 17.6 Å². The van der Waals surface area contributed by atoms with E-state index in [-0.39, 0.29) is 11.1 Å². The molecule has 0 atom stereocenters. The number of halogens is 2. The molecule has 0 aromatic heterocycles. The van der Waals surface area contributed by atoms with Crippen molar-refractivity contribution in [1.29, 1.82) is 0 Å². The average molecular weight is 243 g/mol. The van der Waals surface area contributed by atoms with Crippen molar-refractivity contribution in [2.24, 2.45) is 0 Å². The van der Waals surface area contributed by atoms with E-state index in [1.807, 2.05) is 0 Å². The van der Waals surface area contributed by atoms with Crippen LogP contribution in [0.25, 0.3) is 0 Å².